The molecule has 0 aromatic heterocycles. The number of fused-ring (bicyclic) bond motifs is 1. The minimum atomic E-state index is -4.04. The molecular weight excluding hydrogens is 369 g/mol. The third-order valence-electron chi connectivity index (χ3n) is 4.64. The first kappa shape index (κ1) is 19.3. The zero-order chi connectivity index (χ0) is 19.6. The highest BCUT2D eigenvalue weighted by Gasteiger charge is 2.39. The minimum absolute atomic E-state index is 0.0478. The van der Waals surface area contributed by atoms with Crippen LogP contribution in [0.3, 0.4) is 0 Å². The molecule has 2 aromatic rings. The third kappa shape index (κ3) is 3.79. The third-order valence-corrected chi connectivity index (χ3v) is 6.60. The maximum absolute atomic E-state index is 13.7. The van der Waals surface area contributed by atoms with Gasteiger partial charge >= 0.3 is 5.97 Å². The topological polar surface area (TPSA) is 63.7 Å². The van der Waals surface area contributed by atoms with E-state index < -0.39 is 27.9 Å². The molecule has 0 bridgehead atoms. The van der Waals surface area contributed by atoms with E-state index in [2.05, 4.69) is 6.58 Å². The zero-order valence-corrected chi connectivity index (χ0v) is 15.7. The second-order valence-corrected chi connectivity index (χ2v) is 8.20. The van der Waals surface area contributed by atoms with E-state index in [1.807, 2.05) is 30.3 Å². The molecule has 0 saturated heterocycles. The van der Waals surface area contributed by atoms with Gasteiger partial charge in [0.05, 0.1) is 12.0 Å². The van der Waals surface area contributed by atoms with Gasteiger partial charge in [-0.2, -0.15) is 4.31 Å². The van der Waals surface area contributed by atoms with Crippen LogP contribution in [0.1, 0.15) is 17.5 Å². The number of rotatable bonds is 4. The molecule has 0 radical (unpaired) electrons. The Bertz CT molecular complexity index is 973. The van der Waals surface area contributed by atoms with E-state index in [1.54, 1.807) is 0 Å². The van der Waals surface area contributed by atoms with Gasteiger partial charge in [0, 0.05) is 12.1 Å². The molecule has 1 aliphatic heterocycles. The summed E-state index contributed by atoms with van der Waals surface area (Å²) in [5, 5.41) is 0. The fraction of sp³-hybridized carbons (Fsp3) is 0.250. The summed E-state index contributed by atoms with van der Waals surface area (Å²) in [5.74, 6) is -1.18. The van der Waals surface area contributed by atoms with Crippen molar-refractivity contribution in [2.75, 3.05) is 13.7 Å². The molecule has 5 nitrogen and oxygen atoms in total. The van der Waals surface area contributed by atoms with E-state index in [1.165, 1.54) is 19.2 Å². The number of nitrogens with zero attached hydrogens (tertiary/aromatic N) is 1. The Balaban J connectivity index is 2.08. The van der Waals surface area contributed by atoms with Crippen LogP contribution < -0.4 is 0 Å². The molecule has 1 atom stereocenters. The van der Waals surface area contributed by atoms with Gasteiger partial charge in [-0.3, -0.25) is 4.79 Å². The number of hydrogen-bond donors (Lipinski definition) is 0. The van der Waals surface area contributed by atoms with E-state index in [0.717, 1.165) is 15.9 Å². The molecule has 0 fully saturated rings. The number of hydrogen-bond acceptors (Lipinski definition) is 4. The molecule has 0 spiro atoms. The van der Waals surface area contributed by atoms with Crippen molar-refractivity contribution in [1.29, 1.82) is 0 Å². The van der Waals surface area contributed by atoms with E-state index in [9.17, 15) is 17.6 Å². The summed E-state index contributed by atoms with van der Waals surface area (Å²) >= 11 is 0. The van der Waals surface area contributed by atoms with Crippen LogP contribution in [0.25, 0.3) is 5.57 Å². The number of esters is 1. The molecule has 0 amide bonds. The van der Waals surface area contributed by atoms with Crippen LogP contribution in [-0.2, 0) is 26.0 Å². The number of carbonyl (C=O) groups is 1. The average molecular weight is 389 g/mol. The molecule has 1 heterocycles. The highest BCUT2D eigenvalue weighted by molar-refractivity contribution is 7.89. The molecule has 142 valence electrons. The van der Waals surface area contributed by atoms with Crippen molar-refractivity contribution < 1.29 is 22.3 Å². The zero-order valence-electron chi connectivity index (χ0n) is 14.9. The minimum Gasteiger partial charge on any atom is -0.468 e. The van der Waals surface area contributed by atoms with Crippen molar-refractivity contribution in [3.8, 4) is 0 Å². The Hall–Kier alpha value is -2.51. The molecule has 2 aromatic carbocycles. The smallest absolute Gasteiger partial charge is 0.324 e. The van der Waals surface area contributed by atoms with E-state index in [0.29, 0.717) is 5.57 Å². The van der Waals surface area contributed by atoms with Gasteiger partial charge in [-0.25, -0.2) is 12.8 Å². The van der Waals surface area contributed by atoms with Crippen LogP contribution in [0, 0.1) is 5.82 Å². The van der Waals surface area contributed by atoms with Crippen molar-refractivity contribution in [2.45, 2.75) is 23.8 Å². The van der Waals surface area contributed by atoms with Gasteiger partial charge in [-0.05, 0) is 42.2 Å². The van der Waals surface area contributed by atoms with Crippen LogP contribution in [0.2, 0.25) is 0 Å². The predicted octanol–water partition coefficient (Wildman–Crippen LogP) is 3.02. The molecule has 0 N–H and O–H groups in total. The first-order valence-electron chi connectivity index (χ1n) is 8.46. The molecule has 0 saturated carbocycles. The highest BCUT2D eigenvalue weighted by atomic mass is 32.2. The van der Waals surface area contributed by atoms with Crippen LogP contribution in [0.4, 0.5) is 4.39 Å². The lowest BCUT2D eigenvalue weighted by molar-refractivity contribution is -0.145. The summed E-state index contributed by atoms with van der Waals surface area (Å²) < 4.78 is 46.2. The van der Waals surface area contributed by atoms with Gasteiger partial charge in [-0.15, -0.1) is 0 Å². The first-order chi connectivity index (χ1) is 12.8. The number of ether oxygens (including phenoxy) is 1. The Labute approximate surface area is 158 Å². The standard InChI is InChI=1S/C20H20FNO4S/c1-14-10-11-22(27(24,25)19-9-8-16(21)13-17(14)19)18(20(23)26-2)12-15-6-4-3-5-7-15/h3-9,13,18H,1,10-12H2,2H3/t18-/m1/s1. The Morgan fingerprint density at radius 1 is 1.26 bits per heavy atom. The second kappa shape index (κ2) is 7.62. The summed E-state index contributed by atoms with van der Waals surface area (Å²) in [6.45, 7) is 3.95. The van der Waals surface area contributed by atoms with E-state index in [-0.39, 0.29) is 29.8 Å². The predicted molar refractivity (Wildman–Crippen MR) is 99.9 cm³/mol. The molecule has 7 heteroatoms. The summed E-state index contributed by atoms with van der Waals surface area (Å²) in [6.07, 6.45) is 0.466. The van der Waals surface area contributed by atoms with Crippen molar-refractivity contribution in [1.82, 2.24) is 4.31 Å². The van der Waals surface area contributed by atoms with Crippen molar-refractivity contribution in [2.24, 2.45) is 0 Å². The number of carbonyl (C=O) groups excluding carboxylic acids is 1. The van der Waals surface area contributed by atoms with Crippen LogP contribution >= 0.6 is 0 Å². The molecule has 3 rings (SSSR count). The fourth-order valence-electron chi connectivity index (χ4n) is 3.23. The van der Waals surface area contributed by atoms with Gasteiger partial charge in [-0.1, -0.05) is 36.9 Å². The van der Waals surface area contributed by atoms with Crippen LogP contribution in [0.5, 0.6) is 0 Å². The van der Waals surface area contributed by atoms with Gasteiger partial charge in [0.15, 0.2) is 0 Å². The maximum Gasteiger partial charge on any atom is 0.324 e. The Morgan fingerprint density at radius 2 is 1.96 bits per heavy atom. The molecule has 0 aliphatic carbocycles. The van der Waals surface area contributed by atoms with Crippen molar-refractivity contribution in [3.63, 3.8) is 0 Å². The Morgan fingerprint density at radius 3 is 2.63 bits per heavy atom. The van der Waals surface area contributed by atoms with Gasteiger partial charge in [0.25, 0.3) is 0 Å². The van der Waals surface area contributed by atoms with Gasteiger partial charge < -0.3 is 4.74 Å². The van der Waals surface area contributed by atoms with Crippen LogP contribution in [0.15, 0.2) is 60.0 Å². The normalized spacial score (nSPS) is 17.6. The molecule has 0 unspecified atom stereocenters. The lowest BCUT2D eigenvalue weighted by Crippen LogP contribution is -2.46. The van der Waals surface area contributed by atoms with Crippen LogP contribution in [-0.4, -0.2) is 38.4 Å². The number of sulfonamides is 1. The second-order valence-electron chi connectivity index (χ2n) is 6.34. The Kier molecular flexibility index (Phi) is 5.43. The van der Waals surface area contributed by atoms with Gasteiger partial charge in [0.2, 0.25) is 10.0 Å². The summed E-state index contributed by atoms with van der Waals surface area (Å²) in [6, 6.07) is 11.6. The molecule has 27 heavy (non-hydrogen) atoms. The quantitative estimate of drug-likeness (QED) is 0.754. The average Bonchev–Trinajstić information content (AvgIpc) is 2.75. The number of halogens is 1. The summed E-state index contributed by atoms with van der Waals surface area (Å²) in [7, 11) is -2.81. The largest absolute Gasteiger partial charge is 0.468 e. The SMILES string of the molecule is C=C1CCN([C@H](Cc2ccccc2)C(=O)OC)S(=O)(=O)c2ccc(F)cc21. The van der Waals surface area contributed by atoms with E-state index >= 15 is 0 Å². The monoisotopic (exact) mass is 389 g/mol. The summed E-state index contributed by atoms with van der Waals surface area (Å²) in [4.78, 5) is 12.4. The molecular formula is C20H20FNO4S. The lowest BCUT2D eigenvalue weighted by atomic mass is 10.0. The van der Waals surface area contributed by atoms with E-state index in [4.69, 9.17) is 4.74 Å². The number of methoxy groups -OCH3 is 1. The van der Waals surface area contributed by atoms with Crippen molar-refractivity contribution in [3.05, 3.63) is 72.1 Å². The highest BCUT2D eigenvalue weighted by Crippen LogP contribution is 2.33. The number of benzene rings is 2. The maximum atomic E-state index is 13.7. The molecule has 1 aliphatic rings. The lowest BCUT2D eigenvalue weighted by Gasteiger charge is -2.28. The van der Waals surface area contributed by atoms with Gasteiger partial charge in [0.1, 0.15) is 11.9 Å². The first-order valence-corrected chi connectivity index (χ1v) is 9.90. The summed E-state index contributed by atoms with van der Waals surface area (Å²) in [5.41, 5.74) is 1.57. The van der Waals surface area contributed by atoms with Crippen molar-refractivity contribution >= 4 is 21.6 Å². The fourth-order valence-corrected chi connectivity index (χ4v) is 5.03.